The van der Waals surface area contributed by atoms with Crippen molar-refractivity contribution in [3.05, 3.63) is 18.5 Å². The minimum atomic E-state index is -0.0595. The van der Waals surface area contributed by atoms with Gasteiger partial charge < -0.3 is 14.4 Å². The van der Waals surface area contributed by atoms with Crippen LogP contribution in [0.3, 0.4) is 0 Å². The number of carbonyl (C=O) groups excluding carboxylic acids is 1. The Morgan fingerprint density at radius 3 is 2.75 bits per heavy atom. The smallest absolute Gasteiger partial charge is 0.316 e. The highest BCUT2D eigenvalue weighted by molar-refractivity contribution is 5.77. The standard InChI is InChI=1S/C10H13N3O3/c14-9(13-4-6-15-7-5-13)8-16-10-11-2-1-3-12-10/h1-3H,4-8H2. The van der Waals surface area contributed by atoms with Crippen molar-refractivity contribution in [2.45, 2.75) is 0 Å². The van der Waals surface area contributed by atoms with Crippen molar-refractivity contribution in [2.75, 3.05) is 32.9 Å². The molecule has 1 aliphatic heterocycles. The summed E-state index contributed by atoms with van der Waals surface area (Å²) in [5, 5.41) is 0. The summed E-state index contributed by atoms with van der Waals surface area (Å²) in [6.45, 7) is 2.40. The maximum absolute atomic E-state index is 11.7. The number of ether oxygens (including phenoxy) is 2. The monoisotopic (exact) mass is 223 g/mol. The van der Waals surface area contributed by atoms with Crippen LogP contribution in [-0.2, 0) is 9.53 Å². The molecule has 0 unspecified atom stereocenters. The highest BCUT2D eigenvalue weighted by atomic mass is 16.5. The summed E-state index contributed by atoms with van der Waals surface area (Å²) in [7, 11) is 0. The van der Waals surface area contributed by atoms with Crippen LogP contribution in [0.5, 0.6) is 6.01 Å². The van der Waals surface area contributed by atoms with E-state index in [1.165, 1.54) is 0 Å². The van der Waals surface area contributed by atoms with Gasteiger partial charge in [-0.25, -0.2) is 9.97 Å². The van der Waals surface area contributed by atoms with E-state index in [-0.39, 0.29) is 18.5 Å². The summed E-state index contributed by atoms with van der Waals surface area (Å²) in [6.07, 6.45) is 3.14. The fourth-order valence-corrected chi connectivity index (χ4v) is 1.39. The summed E-state index contributed by atoms with van der Waals surface area (Å²) in [5.74, 6) is -0.0595. The number of carbonyl (C=O) groups is 1. The third-order valence-electron chi connectivity index (χ3n) is 2.23. The van der Waals surface area contributed by atoms with Gasteiger partial charge in [0.1, 0.15) is 0 Å². The second-order valence-electron chi connectivity index (χ2n) is 3.31. The van der Waals surface area contributed by atoms with Crippen LogP contribution in [0.4, 0.5) is 0 Å². The van der Waals surface area contributed by atoms with Crippen LogP contribution in [0.1, 0.15) is 0 Å². The predicted molar refractivity (Wildman–Crippen MR) is 54.9 cm³/mol. The highest BCUT2D eigenvalue weighted by Crippen LogP contribution is 2.01. The van der Waals surface area contributed by atoms with Gasteiger partial charge in [0.15, 0.2) is 6.61 Å². The lowest BCUT2D eigenvalue weighted by atomic mass is 10.4. The molecule has 1 aliphatic rings. The fraction of sp³-hybridized carbons (Fsp3) is 0.500. The van der Waals surface area contributed by atoms with Gasteiger partial charge in [-0.05, 0) is 6.07 Å². The van der Waals surface area contributed by atoms with Crippen molar-refractivity contribution >= 4 is 5.91 Å². The predicted octanol–water partition coefficient (Wildman–Crippen LogP) is -0.286. The highest BCUT2D eigenvalue weighted by Gasteiger charge is 2.17. The summed E-state index contributed by atoms with van der Waals surface area (Å²) in [6, 6.07) is 1.92. The Kier molecular flexibility index (Phi) is 3.66. The van der Waals surface area contributed by atoms with Crippen LogP contribution in [0.25, 0.3) is 0 Å². The maximum Gasteiger partial charge on any atom is 0.316 e. The number of hydrogen-bond donors (Lipinski definition) is 0. The fourth-order valence-electron chi connectivity index (χ4n) is 1.39. The first kappa shape index (κ1) is 10.8. The van der Waals surface area contributed by atoms with Crippen LogP contribution in [0, 0.1) is 0 Å². The zero-order valence-corrected chi connectivity index (χ0v) is 8.83. The van der Waals surface area contributed by atoms with Crippen molar-refractivity contribution < 1.29 is 14.3 Å². The van der Waals surface area contributed by atoms with E-state index in [1.807, 2.05) is 0 Å². The molecule has 2 heterocycles. The minimum absolute atomic E-state index is 0.0238. The average molecular weight is 223 g/mol. The van der Waals surface area contributed by atoms with E-state index in [1.54, 1.807) is 23.4 Å². The Labute approximate surface area is 93.2 Å². The van der Waals surface area contributed by atoms with Gasteiger partial charge >= 0.3 is 6.01 Å². The lowest BCUT2D eigenvalue weighted by Gasteiger charge is -2.26. The first-order valence-corrected chi connectivity index (χ1v) is 5.11. The van der Waals surface area contributed by atoms with Gasteiger partial charge in [-0.1, -0.05) is 0 Å². The van der Waals surface area contributed by atoms with Crippen LogP contribution in [0.2, 0.25) is 0 Å². The summed E-state index contributed by atoms with van der Waals surface area (Å²) in [5.41, 5.74) is 0. The van der Waals surface area contributed by atoms with E-state index in [0.29, 0.717) is 26.3 Å². The number of aromatic nitrogens is 2. The van der Waals surface area contributed by atoms with E-state index in [9.17, 15) is 4.79 Å². The minimum Gasteiger partial charge on any atom is -0.453 e. The van der Waals surface area contributed by atoms with Gasteiger partial charge in [-0.2, -0.15) is 0 Å². The summed E-state index contributed by atoms with van der Waals surface area (Å²) < 4.78 is 10.3. The molecule has 0 aliphatic carbocycles. The number of nitrogens with zero attached hydrogens (tertiary/aromatic N) is 3. The average Bonchev–Trinajstić information content (AvgIpc) is 2.38. The van der Waals surface area contributed by atoms with Gasteiger partial charge in [-0.3, -0.25) is 4.79 Å². The van der Waals surface area contributed by atoms with Crippen LogP contribution in [-0.4, -0.2) is 53.7 Å². The number of morpholine rings is 1. The molecule has 86 valence electrons. The Bertz CT molecular complexity index is 338. The van der Waals surface area contributed by atoms with Crippen molar-refractivity contribution in [2.24, 2.45) is 0 Å². The normalized spacial score (nSPS) is 15.9. The van der Waals surface area contributed by atoms with E-state index in [0.717, 1.165) is 0 Å². The first-order chi connectivity index (χ1) is 7.86. The number of rotatable bonds is 3. The Morgan fingerprint density at radius 2 is 2.06 bits per heavy atom. The lowest BCUT2D eigenvalue weighted by Crippen LogP contribution is -2.43. The zero-order valence-electron chi connectivity index (χ0n) is 8.83. The SMILES string of the molecule is O=C(COc1ncccn1)N1CCOCC1. The molecular weight excluding hydrogens is 210 g/mol. The summed E-state index contributed by atoms with van der Waals surface area (Å²) in [4.78, 5) is 21.1. The maximum atomic E-state index is 11.7. The van der Waals surface area contributed by atoms with Gasteiger partial charge in [0, 0.05) is 25.5 Å². The Hall–Kier alpha value is -1.69. The molecule has 0 saturated carbocycles. The topological polar surface area (TPSA) is 64.5 Å². The molecule has 0 spiro atoms. The number of hydrogen-bond acceptors (Lipinski definition) is 5. The first-order valence-electron chi connectivity index (χ1n) is 5.11. The lowest BCUT2D eigenvalue weighted by molar-refractivity contribution is -0.137. The van der Waals surface area contributed by atoms with Crippen LogP contribution in [0.15, 0.2) is 18.5 Å². The second kappa shape index (κ2) is 5.41. The molecule has 6 heteroatoms. The van der Waals surface area contributed by atoms with E-state index in [4.69, 9.17) is 9.47 Å². The molecule has 0 aromatic carbocycles. The van der Waals surface area contributed by atoms with Gasteiger partial charge in [0.25, 0.3) is 5.91 Å². The van der Waals surface area contributed by atoms with Crippen molar-refractivity contribution in [3.63, 3.8) is 0 Å². The molecule has 2 rings (SSSR count). The molecule has 1 aromatic rings. The van der Waals surface area contributed by atoms with Crippen LogP contribution >= 0.6 is 0 Å². The Morgan fingerprint density at radius 1 is 1.38 bits per heavy atom. The molecule has 1 fully saturated rings. The molecule has 0 atom stereocenters. The zero-order chi connectivity index (χ0) is 11.2. The molecule has 1 saturated heterocycles. The van der Waals surface area contributed by atoms with Crippen molar-refractivity contribution in [1.82, 2.24) is 14.9 Å². The third-order valence-corrected chi connectivity index (χ3v) is 2.23. The quantitative estimate of drug-likeness (QED) is 0.704. The molecule has 0 radical (unpaired) electrons. The van der Waals surface area contributed by atoms with Crippen molar-refractivity contribution in [1.29, 1.82) is 0 Å². The molecule has 1 aromatic heterocycles. The van der Waals surface area contributed by atoms with Crippen molar-refractivity contribution in [3.8, 4) is 6.01 Å². The van der Waals surface area contributed by atoms with E-state index < -0.39 is 0 Å². The molecule has 1 amide bonds. The van der Waals surface area contributed by atoms with Gasteiger partial charge in [-0.15, -0.1) is 0 Å². The largest absolute Gasteiger partial charge is 0.453 e. The van der Waals surface area contributed by atoms with Gasteiger partial charge in [0.05, 0.1) is 13.2 Å². The Balaban J connectivity index is 1.79. The number of amides is 1. The van der Waals surface area contributed by atoms with E-state index in [2.05, 4.69) is 9.97 Å². The molecule has 16 heavy (non-hydrogen) atoms. The van der Waals surface area contributed by atoms with Gasteiger partial charge in [0.2, 0.25) is 0 Å². The third kappa shape index (κ3) is 2.90. The molecular formula is C10H13N3O3. The molecule has 0 bridgehead atoms. The summed E-state index contributed by atoms with van der Waals surface area (Å²) >= 11 is 0. The van der Waals surface area contributed by atoms with Crippen LogP contribution < -0.4 is 4.74 Å². The second-order valence-corrected chi connectivity index (χ2v) is 3.31. The molecule has 6 nitrogen and oxygen atoms in total. The molecule has 0 N–H and O–H groups in total. The van der Waals surface area contributed by atoms with E-state index >= 15 is 0 Å².